The van der Waals surface area contributed by atoms with Gasteiger partial charge in [-0.25, -0.2) is 14.0 Å². The van der Waals surface area contributed by atoms with Crippen LogP contribution in [0.2, 0.25) is 0 Å². The Bertz CT molecular complexity index is 549. The average Bonchev–Trinajstić information content (AvgIpc) is 2.76. The molecule has 1 fully saturated rings. The first-order chi connectivity index (χ1) is 9.38. The van der Waals surface area contributed by atoms with Gasteiger partial charge < -0.3 is 20.4 Å². The van der Waals surface area contributed by atoms with Crippen molar-refractivity contribution >= 4 is 17.7 Å². The lowest BCUT2D eigenvalue weighted by molar-refractivity contribution is -0.141. The fourth-order valence-corrected chi connectivity index (χ4v) is 2.19. The highest BCUT2D eigenvalue weighted by Gasteiger charge is 2.39. The molecule has 1 aliphatic heterocycles. The Morgan fingerprint density at radius 3 is 2.80 bits per heavy atom. The molecule has 0 spiro atoms. The van der Waals surface area contributed by atoms with Crippen LogP contribution in [0.25, 0.3) is 0 Å². The lowest BCUT2D eigenvalue weighted by Gasteiger charge is -2.22. The summed E-state index contributed by atoms with van der Waals surface area (Å²) in [6, 6.07) is 2.21. The van der Waals surface area contributed by atoms with Crippen LogP contribution < -0.4 is 5.32 Å². The van der Waals surface area contributed by atoms with Crippen molar-refractivity contribution in [2.45, 2.75) is 25.5 Å². The lowest BCUT2D eigenvalue weighted by Crippen LogP contribution is -2.43. The van der Waals surface area contributed by atoms with Gasteiger partial charge in [-0.3, -0.25) is 0 Å². The summed E-state index contributed by atoms with van der Waals surface area (Å²) in [5.74, 6) is -1.67. The van der Waals surface area contributed by atoms with Crippen LogP contribution in [0.3, 0.4) is 0 Å². The van der Waals surface area contributed by atoms with Crippen LogP contribution >= 0.6 is 0 Å². The first-order valence-electron chi connectivity index (χ1n) is 6.13. The molecular formula is C13H15FN2O4. The van der Waals surface area contributed by atoms with Crippen molar-refractivity contribution in [3.05, 3.63) is 29.6 Å². The van der Waals surface area contributed by atoms with Crippen LogP contribution in [0.1, 0.15) is 12.0 Å². The van der Waals surface area contributed by atoms with Gasteiger partial charge in [0.2, 0.25) is 0 Å². The highest BCUT2D eigenvalue weighted by Crippen LogP contribution is 2.21. The number of carboxylic acids is 1. The minimum Gasteiger partial charge on any atom is -0.480 e. The second kappa shape index (κ2) is 5.46. The number of amides is 2. The Morgan fingerprint density at radius 2 is 2.15 bits per heavy atom. The van der Waals surface area contributed by atoms with Gasteiger partial charge in [-0.15, -0.1) is 0 Å². The molecule has 1 saturated heterocycles. The molecule has 108 valence electrons. The fourth-order valence-electron chi connectivity index (χ4n) is 2.19. The number of halogens is 1. The lowest BCUT2D eigenvalue weighted by atomic mass is 10.2. The molecular weight excluding hydrogens is 267 g/mol. The quantitative estimate of drug-likeness (QED) is 0.760. The van der Waals surface area contributed by atoms with E-state index in [9.17, 15) is 19.1 Å². The molecule has 0 aromatic heterocycles. The number of aliphatic hydroxyl groups is 1. The van der Waals surface area contributed by atoms with E-state index in [2.05, 4.69) is 5.32 Å². The zero-order valence-corrected chi connectivity index (χ0v) is 10.8. The first-order valence-corrected chi connectivity index (χ1v) is 6.13. The van der Waals surface area contributed by atoms with Crippen molar-refractivity contribution in [2.24, 2.45) is 0 Å². The van der Waals surface area contributed by atoms with Crippen molar-refractivity contribution < 1.29 is 24.2 Å². The minimum atomic E-state index is -1.17. The standard InChI is InChI=1S/C13H15FN2O4/c1-7-2-3-8(14)4-10(7)15-13(20)16-6-9(17)5-11(16)12(18)19/h2-4,9,11,17H,5-6H2,1H3,(H,15,20)(H,18,19). The van der Waals surface area contributed by atoms with E-state index < -0.39 is 30.0 Å². The number of aliphatic carboxylic acids is 1. The van der Waals surface area contributed by atoms with Gasteiger partial charge in [-0.1, -0.05) is 6.07 Å². The largest absolute Gasteiger partial charge is 0.480 e. The van der Waals surface area contributed by atoms with Crippen molar-refractivity contribution in [3.8, 4) is 0 Å². The summed E-state index contributed by atoms with van der Waals surface area (Å²) in [4.78, 5) is 24.1. The number of aryl methyl sites for hydroxylation is 1. The molecule has 3 N–H and O–H groups in total. The van der Waals surface area contributed by atoms with E-state index in [0.717, 1.165) is 11.0 Å². The van der Waals surface area contributed by atoms with Gasteiger partial charge in [-0.05, 0) is 24.6 Å². The van der Waals surface area contributed by atoms with E-state index in [1.165, 1.54) is 12.1 Å². The molecule has 20 heavy (non-hydrogen) atoms. The van der Waals surface area contributed by atoms with Gasteiger partial charge in [0.05, 0.1) is 6.10 Å². The van der Waals surface area contributed by atoms with E-state index >= 15 is 0 Å². The van der Waals surface area contributed by atoms with E-state index in [1.807, 2.05) is 0 Å². The topological polar surface area (TPSA) is 89.9 Å². The predicted molar refractivity (Wildman–Crippen MR) is 68.9 cm³/mol. The summed E-state index contributed by atoms with van der Waals surface area (Å²) in [6.45, 7) is 1.64. The number of urea groups is 1. The Hall–Kier alpha value is -2.15. The number of carbonyl (C=O) groups is 2. The molecule has 1 heterocycles. The fraction of sp³-hybridized carbons (Fsp3) is 0.385. The van der Waals surface area contributed by atoms with E-state index in [0.29, 0.717) is 5.56 Å². The number of nitrogens with one attached hydrogen (secondary N) is 1. The Labute approximate surface area is 114 Å². The predicted octanol–water partition coefficient (Wildman–Crippen LogP) is 1.19. The summed E-state index contributed by atoms with van der Waals surface area (Å²) < 4.78 is 13.1. The summed E-state index contributed by atoms with van der Waals surface area (Å²) in [5.41, 5.74) is 0.937. The molecule has 1 aromatic carbocycles. The van der Waals surface area contributed by atoms with Gasteiger partial charge in [0, 0.05) is 18.7 Å². The van der Waals surface area contributed by atoms with Crippen molar-refractivity contribution in [1.82, 2.24) is 4.90 Å². The zero-order chi connectivity index (χ0) is 14.9. The first kappa shape index (κ1) is 14.3. The van der Waals surface area contributed by atoms with Crippen LogP contribution in [0.4, 0.5) is 14.9 Å². The normalized spacial score (nSPS) is 21.9. The number of β-amino-alcohol motifs (C(OH)–C–C–N with tert-alkyl or cyclic N) is 1. The van der Waals surface area contributed by atoms with Crippen LogP contribution in [0.5, 0.6) is 0 Å². The van der Waals surface area contributed by atoms with Crippen LogP contribution in [-0.2, 0) is 4.79 Å². The number of likely N-dealkylation sites (tertiary alicyclic amines) is 1. The minimum absolute atomic E-state index is 0.00904. The van der Waals surface area contributed by atoms with Crippen molar-refractivity contribution in [1.29, 1.82) is 0 Å². The number of benzene rings is 1. The van der Waals surface area contributed by atoms with E-state index in [-0.39, 0.29) is 18.7 Å². The third-order valence-electron chi connectivity index (χ3n) is 3.27. The Kier molecular flexibility index (Phi) is 3.89. The van der Waals surface area contributed by atoms with Crippen molar-refractivity contribution in [3.63, 3.8) is 0 Å². The van der Waals surface area contributed by atoms with Gasteiger partial charge in [0.25, 0.3) is 0 Å². The van der Waals surface area contributed by atoms with Crippen LogP contribution in [-0.4, -0.2) is 45.8 Å². The maximum absolute atomic E-state index is 13.1. The number of hydrogen-bond acceptors (Lipinski definition) is 3. The van der Waals surface area contributed by atoms with Gasteiger partial charge in [0.1, 0.15) is 11.9 Å². The number of rotatable bonds is 2. The molecule has 0 aliphatic carbocycles. The molecule has 0 bridgehead atoms. The summed E-state index contributed by atoms with van der Waals surface area (Å²) >= 11 is 0. The van der Waals surface area contributed by atoms with E-state index in [1.54, 1.807) is 6.92 Å². The SMILES string of the molecule is Cc1ccc(F)cc1NC(=O)N1CC(O)CC1C(=O)O. The maximum atomic E-state index is 13.1. The summed E-state index contributed by atoms with van der Waals surface area (Å²) in [5, 5.41) is 21.0. The second-order valence-corrected chi connectivity index (χ2v) is 4.79. The third-order valence-corrected chi connectivity index (χ3v) is 3.27. The Balaban J connectivity index is 2.15. The van der Waals surface area contributed by atoms with Gasteiger partial charge >= 0.3 is 12.0 Å². The molecule has 0 saturated carbocycles. The highest BCUT2D eigenvalue weighted by molar-refractivity contribution is 5.93. The molecule has 2 unspecified atom stereocenters. The number of aliphatic hydroxyl groups excluding tert-OH is 1. The highest BCUT2D eigenvalue weighted by atomic mass is 19.1. The maximum Gasteiger partial charge on any atom is 0.326 e. The van der Waals surface area contributed by atoms with E-state index in [4.69, 9.17) is 5.11 Å². The zero-order valence-electron chi connectivity index (χ0n) is 10.8. The summed E-state index contributed by atoms with van der Waals surface area (Å²) in [6.07, 6.45) is -0.874. The molecule has 2 rings (SSSR count). The summed E-state index contributed by atoms with van der Waals surface area (Å²) in [7, 11) is 0. The number of anilines is 1. The molecule has 6 nitrogen and oxygen atoms in total. The molecule has 1 aliphatic rings. The molecule has 0 radical (unpaired) electrons. The molecule has 2 amide bonds. The molecule has 2 atom stereocenters. The smallest absolute Gasteiger partial charge is 0.326 e. The van der Waals surface area contributed by atoms with Gasteiger partial charge in [-0.2, -0.15) is 0 Å². The van der Waals surface area contributed by atoms with Crippen LogP contribution in [0.15, 0.2) is 18.2 Å². The number of nitrogens with zero attached hydrogens (tertiary/aromatic N) is 1. The Morgan fingerprint density at radius 1 is 1.45 bits per heavy atom. The number of hydrogen-bond donors (Lipinski definition) is 3. The van der Waals surface area contributed by atoms with Crippen molar-refractivity contribution in [2.75, 3.05) is 11.9 Å². The van der Waals surface area contributed by atoms with Gasteiger partial charge in [0.15, 0.2) is 0 Å². The molecule has 7 heteroatoms. The molecule has 1 aromatic rings. The third kappa shape index (κ3) is 2.88. The average molecular weight is 282 g/mol. The van der Waals surface area contributed by atoms with Crippen LogP contribution in [0, 0.1) is 12.7 Å². The number of carboxylic acid groups (broad SMARTS) is 1. The number of carbonyl (C=O) groups excluding carboxylic acids is 1. The monoisotopic (exact) mass is 282 g/mol. The second-order valence-electron chi connectivity index (χ2n) is 4.79.